The van der Waals surface area contributed by atoms with E-state index in [1.807, 2.05) is 24.3 Å². The SMILES string of the molecule is NCC(c1ccc(Cl)cc1)C1CCCS(=O)(=O)C1. The number of nitrogens with two attached hydrogens (primary N) is 1. The molecule has 1 aromatic carbocycles. The lowest BCUT2D eigenvalue weighted by Crippen LogP contribution is -2.32. The predicted octanol–water partition coefficient (Wildman–Crippen LogP) is 2.21. The Morgan fingerprint density at radius 3 is 2.56 bits per heavy atom. The molecular weight excluding hydrogens is 270 g/mol. The number of halogens is 1. The second-order valence-corrected chi connectivity index (χ2v) is 7.58. The molecule has 2 rings (SSSR count). The first-order valence-electron chi connectivity index (χ1n) is 6.18. The zero-order chi connectivity index (χ0) is 13.2. The van der Waals surface area contributed by atoms with E-state index in [1.54, 1.807) is 0 Å². The van der Waals surface area contributed by atoms with Crippen molar-refractivity contribution in [3.63, 3.8) is 0 Å². The van der Waals surface area contributed by atoms with Crippen LogP contribution in [0.1, 0.15) is 24.3 Å². The Bertz CT molecular complexity index is 498. The van der Waals surface area contributed by atoms with Crippen molar-refractivity contribution in [1.29, 1.82) is 0 Å². The number of sulfone groups is 1. The van der Waals surface area contributed by atoms with Crippen molar-refractivity contribution in [2.24, 2.45) is 11.7 Å². The van der Waals surface area contributed by atoms with Crippen LogP contribution in [0, 0.1) is 5.92 Å². The Morgan fingerprint density at radius 2 is 2.00 bits per heavy atom. The van der Waals surface area contributed by atoms with E-state index in [-0.39, 0.29) is 17.6 Å². The van der Waals surface area contributed by atoms with Crippen LogP contribution in [0.3, 0.4) is 0 Å². The van der Waals surface area contributed by atoms with Gasteiger partial charge in [-0.2, -0.15) is 0 Å². The summed E-state index contributed by atoms with van der Waals surface area (Å²) in [6.45, 7) is 0.474. The smallest absolute Gasteiger partial charge is 0.150 e. The lowest BCUT2D eigenvalue weighted by molar-refractivity contribution is 0.413. The van der Waals surface area contributed by atoms with Crippen molar-refractivity contribution in [2.45, 2.75) is 18.8 Å². The van der Waals surface area contributed by atoms with Gasteiger partial charge in [0.2, 0.25) is 0 Å². The second kappa shape index (κ2) is 5.59. The molecule has 100 valence electrons. The zero-order valence-corrected chi connectivity index (χ0v) is 11.8. The van der Waals surface area contributed by atoms with Crippen molar-refractivity contribution in [3.8, 4) is 0 Å². The highest BCUT2D eigenvalue weighted by atomic mass is 35.5. The molecule has 0 aliphatic carbocycles. The average Bonchev–Trinajstić information content (AvgIpc) is 2.31. The average molecular weight is 288 g/mol. The molecule has 1 saturated heterocycles. The van der Waals surface area contributed by atoms with Crippen LogP contribution in [0.5, 0.6) is 0 Å². The molecule has 0 radical (unpaired) electrons. The van der Waals surface area contributed by atoms with Gasteiger partial charge in [-0.25, -0.2) is 8.42 Å². The number of rotatable bonds is 3. The number of hydrogen-bond acceptors (Lipinski definition) is 3. The van der Waals surface area contributed by atoms with Gasteiger partial charge in [-0.15, -0.1) is 0 Å². The minimum atomic E-state index is -2.88. The zero-order valence-electron chi connectivity index (χ0n) is 10.2. The second-order valence-electron chi connectivity index (χ2n) is 4.91. The quantitative estimate of drug-likeness (QED) is 0.927. The fraction of sp³-hybridized carbons (Fsp3) is 0.538. The monoisotopic (exact) mass is 287 g/mol. The highest BCUT2D eigenvalue weighted by Gasteiger charge is 2.30. The highest BCUT2D eigenvalue weighted by molar-refractivity contribution is 7.91. The molecule has 0 spiro atoms. The Hall–Kier alpha value is -0.580. The standard InChI is InChI=1S/C13H18ClNO2S/c14-12-5-3-10(4-6-12)13(8-15)11-2-1-7-18(16,17)9-11/h3-6,11,13H,1-2,7-9,15H2. The molecule has 2 N–H and O–H groups in total. The van der Waals surface area contributed by atoms with Crippen LogP contribution in [0.4, 0.5) is 0 Å². The molecule has 1 fully saturated rings. The molecule has 2 unspecified atom stereocenters. The van der Waals surface area contributed by atoms with E-state index >= 15 is 0 Å². The van der Waals surface area contributed by atoms with Gasteiger partial charge in [-0.1, -0.05) is 23.7 Å². The summed E-state index contributed by atoms with van der Waals surface area (Å²) in [7, 11) is -2.88. The summed E-state index contributed by atoms with van der Waals surface area (Å²) in [5.41, 5.74) is 6.92. The third-order valence-electron chi connectivity index (χ3n) is 3.62. The Kier molecular flexibility index (Phi) is 4.30. The van der Waals surface area contributed by atoms with E-state index in [9.17, 15) is 8.42 Å². The van der Waals surface area contributed by atoms with Crippen LogP contribution >= 0.6 is 11.6 Å². The maximum atomic E-state index is 11.7. The van der Waals surface area contributed by atoms with Crippen molar-refractivity contribution in [3.05, 3.63) is 34.9 Å². The van der Waals surface area contributed by atoms with Gasteiger partial charge in [0, 0.05) is 5.02 Å². The summed E-state index contributed by atoms with van der Waals surface area (Å²) in [5.74, 6) is 0.825. The van der Waals surface area contributed by atoms with Gasteiger partial charge >= 0.3 is 0 Å². The summed E-state index contributed by atoms with van der Waals surface area (Å²) < 4.78 is 23.4. The number of benzene rings is 1. The van der Waals surface area contributed by atoms with Crippen molar-refractivity contribution < 1.29 is 8.42 Å². The molecule has 1 aromatic rings. The van der Waals surface area contributed by atoms with E-state index in [2.05, 4.69) is 0 Å². The maximum absolute atomic E-state index is 11.7. The van der Waals surface area contributed by atoms with Gasteiger partial charge < -0.3 is 5.73 Å². The van der Waals surface area contributed by atoms with Crippen LogP contribution in [0.15, 0.2) is 24.3 Å². The van der Waals surface area contributed by atoms with E-state index < -0.39 is 9.84 Å². The molecule has 0 amide bonds. The minimum Gasteiger partial charge on any atom is -0.330 e. The minimum absolute atomic E-state index is 0.109. The lowest BCUT2D eigenvalue weighted by Gasteiger charge is -2.29. The van der Waals surface area contributed by atoms with E-state index in [0.717, 1.165) is 18.4 Å². The van der Waals surface area contributed by atoms with E-state index in [4.69, 9.17) is 17.3 Å². The molecule has 0 aromatic heterocycles. The molecule has 2 atom stereocenters. The molecule has 1 aliphatic heterocycles. The van der Waals surface area contributed by atoms with E-state index in [1.165, 1.54) is 0 Å². The molecule has 5 heteroatoms. The van der Waals surface area contributed by atoms with Gasteiger partial charge in [0.25, 0.3) is 0 Å². The molecule has 3 nitrogen and oxygen atoms in total. The summed E-state index contributed by atoms with van der Waals surface area (Å²) in [4.78, 5) is 0. The number of hydrogen-bond donors (Lipinski definition) is 1. The summed E-state index contributed by atoms with van der Waals surface area (Å²) >= 11 is 5.86. The molecule has 18 heavy (non-hydrogen) atoms. The van der Waals surface area contributed by atoms with Crippen LogP contribution in [0.2, 0.25) is 5.02 Å². The summed E-state index contributed by atoms with van der Waals surface area (Å²) in [5, 5.41) is 0.686. The fourth-order valence-corrected chi connectivity index (χ4v) is 4.64. The lowest BCUT2D eigenvalue weighted by atomic mass is 9.84. The van der Waals surface area contributed by atoms with Gasteiger partial charge in [-0.05, 0) is 48.9 Å². The molecule has 1 aliphatic rings. The van der Waals surface area contributed by atoms with Gasteiger partial charge in [0.15, 0.2) is 9.84 Å². The molecule has 0 bridgehead atoms. The first-order chi connectivity index (χ1) is 8.52. The maximum Gasteiger partial charge on any atom is 0.150 e. The topological polar surface area (TPSA) is 60.2 Å². The van der Waals surface area contributed by atoms with Gasteiger partial charge in [-0.3, -0.25) is 0 Å². The Labute approximate surface area is 113 Å². The summed E-state index contributed by atoms with van der Waals surface area (Å²) in [6, 6.07) is 7.55. The normalized spacial score (nSPS) is 24.7. The van der Waals surface area contributed by atoms with Crippen LogP contribution < -0.4 is 5.73 Å². The first kappa shape index (κ1) is 13.8. The third-order valence-corrected chi connectivity index (χ3v) is 5.72. The molecule has 1 heterocycles. The highest BCUT2D eigenvalue weighted by Crippen LogP contribution is 2.32. The van der Waals surface area contributed by atoms with Gasteiger partial charge in [0.05, 0.1) is 11.5 Å². The van der Waals surface area contributed by atoms with Crippen LogP contribution in [-0.2, 0) is 9.84 Å². The van der Waals surface area contributed by atoms with Crippen molar-refractivity contribution >= 4 is 21.4 Å². The van der Waals surface area contributed by atoms with E-state index in [0.29, 0.717) is 17.3 Å². The largest absolute Gasteiger partial charge is 0.330 e. The van der Waals surface area contributed by atoms with Crippen LogP contribution in [0.25, 0.3) is 0 Å². The van der Waals surface area contributed by atoms with Crippen molar-refractivity contribution in [1.82, 2.24) is 0 Å². The van der Waals surface area contributed by atoms with Gasteiger partial charge in [0.1, 0.15) is 0 Å². The van der Waals surface area contributed by atoms with Crippen LogP contribution in [-0.4, -0.2) is 26.5 Å². The third kappa shape index (κ3) is 3.25. The molecule has 0 saturated carbocycles. The fourth-order valence-electron chi connectivity index (χ4n) is 2.69. The Balaban J connectivity index is 2.20. The van der Waals surface area contributed by atoms with Crippen molar-refractivity contribution in [2.75, 3.05) is 18.1 Å². The first-order valence-corrected chi connectivity index (χ1v) is 8.38. The Morgan fingerprint density at radius 1 is 1.33 bits per heavy atom. The summed E-state index contributed by atoms with van der Waals surface area (Å²) in [6.07, 6.45) is 1.68. The molecular formula is C13H18ClNO2S. The predicted molar refractivity (Wildman–Crippen MR) is 74.6 cm³/mol.